The predicted octanol–water partition coefficient (Wildman–Crippen LogP) is 2.46. The van der Waals surface area contributed by atoms with Gasteiger partial charge in [0.15, 0.2) is 0 Å². The van der Waals surface area contributed by atoms with Crippen LogP contribution in [0.4, 0.5) is 4.39 Å². The Hall–Kier alpha value is -3.00. The SMILES string of the molecule is N#Cc1ccc(F)c(Cn2ncc(=O)c3ccccc32)c1. The van der Waals surface area contributed by atoms with Gasteiger partial charge in [-0.2, -0.15) is 10.4 Å². The van der Waals surface area contributed by atoms with E-state index >= 15 is 0 Å². The van der Waals surface area contributed by atoms with E-state index < -0.39 is 5.82 Å². The van der Waals surface area contributed by atoms with Crippen molar-refractivity contribution < 1.29 is 4.39 Å². The van der Waals surface area contributed by atoms with Gasteiger partial charge in [0.1, 0.15) is 5.82 Å². The summed E-state index contributed by atoms with van der Waals surface area (Å²) in [4.78, 5) is 11.8. The molecule has 102 valence electrons. The predicted molar refractivity (Wildman–Crippen MR) is 76.2 cm³/mol. The number of nitriles is 1. The van der Waals surface area contributed by atoms with E-state index in [0.29, 0.717) is 22.0 Å². The number of fused-ring (bicyclic) bond motifs is 1. The Morgan fingerprint density at radius 1 is 1.24 bits per heavy atom. The van der Waals surface area contributed by atoms with Crippen LogP contribution in [0.25, 0.3) is 10.9 Å². The summed E-state index contributed by atoms with van der Waals surface area (Å²) in [5.74, 6) is -0.404. The first kappa shape index (κ1) is 13.0. The molecule has 0 aliphatic carbocycles. The Labute approximate surface area is 119 Å². The Morgan fingerprint density at radius 2 is 2.05 bits per heavy atom. The quantitative estimate of drug-likeness (QED) is 0.724. The molecule has 1 aromatic heterocycles. The summed E-state index contributed by atoms with van der Waals surface area (Å²) >= 11 is 0. The summed E-state index contributed by atoms with van der Waals surface area (Å²) in [5, 5.41) is 13.5. The Morgan fingerprint density at radius 3 is 2.86 bits per heavy atom. The van der Waals surface area contributed by atoms with Crippen LogP contribution in [-0.4, -0.2) is 9.78 Å². The van der Waals surface area contributed by atoms with Gasteiger partial charge in [0.05, 0.1) is 29.9 Å². The second-order valence-corrected chi connectivity index (χ2v) is 4.60. The van der Waals surface area contributed by atoms with E-state index in [0.717, 1.165) is 0 Å². The second kappa shape index (κ2) is 5.17. The van der Waals surface area contributed by atoms with Gasteiger partial charge < -0.3 is 0 Å². The van der Waals surface area contributed by atoms with Crippen LogP contribution in [0, 0.1) is 17.1 Å². The van der Waals surface area contributed by atoms with Crippen molar-refractivity contribution in [3.63, 3.8) is 0 Å². The highest BCUT2D eigenvalue weighted by Crippen LogP contribution is 2.14. The molecule has 0 atom stereocenters. The summed E-state index contributed by atoms with van der Waals surface area (Å²) in [6.07, 6.45) is 1.22. The zero-order chi connectivity index (χ0) is 14.8. The maximum atomic E-state index is 13.9. The number of benzene rings is 2. The molecule has 3 rings (SSSR count). The van der Waals surface area contributed by atoms with E-state index in [4.69, 9.17) is 5.26 Å². The molecule has 0 aliphatic heterocycles. The molecule has 0 saturated carbocycles. The average molecular weight is 279 g/mol. The molecule has 0 bridgehead atoms. The van der Waals surface area contributed by atoms with E-state index in [1.165, 1.54) is 24.4 Å². The van der Waals surface area contributed by atoms with Gasteiger partial charge in [-0.25, -0.2) is 4.39 Å². The largest absolute Gasteiger partial charge is 0.287 e. The smallest absolute Gasteiger partial charge is 0.207 e. The average Bonchev–Trinajstić information content (AvgIpc) is 2.52. The highest BCUT2D eigenvalue weighted by atomic mass is 19.1. The van der Waals surface area contributed by atoms with Gasteiger partial charge in [-0.15, -0.1) is 0 Å². The van der Waals surface area contributed by atoms with Crippen molar-refractivity contribution in [2.75, 3.05) is 0 Å². The van der Waals surface area contributed by atoms with Gasteiger partial charge >= 0.3 is 0 Å². The summed E-state index contributed by atoms with van der Waals surface area (Å²) in [6.45, 7) is 0.155. The number of aromatic nitrogens is 2. The fraction of sp³-hybridized carbons (Fsp3) is 0.0625. The first-order chi connectivity index (χ1) is 10.2. The van der Waals surface area contributed by atoms with Crippen LogP contribution in [0.5, 0.6) is 0 Å². The van der Waals surface area contributed by atoms with Gasteiger partial charge in [-0.3, -0.25) is 9.48 Å². The highest BCUT2D eigenvalue weighted by molar-refractivity contribution is 5.78. The molecule has 5 heteroatoms. The Kier molecular flexibility index (Phi) is 3.20. The molecule has 2 aromatic carbocycles. The van der Waals surface area contributed by atoms with Gasteiger partial charge in [-0.05, 0) is 30.3 Å². The molecule has 0 fully saturated rings. The van der Waals surface area contributed by atoms with Crippen LogP contribution in [0.2, 0.25) is 0 Å². The maximum absolute atomic E-state index is 13.9. The highest BCUT2D eigenvalue weighted by Gasteiger charge is 2.08. The second-order valence-electron chi connectivity index (χ2n) is 4.60. The summed E-state index contributed by atoms with van der Waals surface area (Å²) in [7, 11) is 0. The summed E-state index contributed by atoms with van der Waals surface area (Å²) in [6, 6.07) is 13.2. The van der Waals surface area contributed by atoms with Gasteiger partial charge in [0.2, 0.25) is 5.43 Å². The molecule has 0 unspecified atom stereocenters. The van der Waals surface area contributed by atoms with Crippen molar-refractivity contribution in [2.45, 2.75) is 6.54 Å². The van der Waals surface area contributed by atoms with Crippen molar-refractivity contribution in [2.24, 2.45) is 0 Å². The van der Waals surface area contributed by atoms with Crippen molar-refractivity contribution in [3.05, 3.63) is 75.8 Å². The Balaban J connectivity index is 2.13. The molecule has 0 saturated heterocycles. The fourth-order valence-electron chi connectivity index (χ4n) is 2.21. The molecule has 21 heavy (non-hydrogen) atoms. The van der Waals surface area contributed by atoms with Crippen LogP contribution in [0.15, 0.2) is 53.5 Å². The molecule has 1 heterocycles. The first-order valence-electron chi connectivity index (χ1n) is 6.32. The number of nitrogens with zero attached hydrogens (tertiary/aromatic N) is 3. The summed E-state index contributed by atoms with van der Waals surface area (Å²) < 4.78 is 15.4. The molecule has 0 amide bonds. The zero-order valence-electron chi connectivity index (χ0n) is 11.0. The zero-order valence-corrected chi connectivity index (χ0v) is 11.0. The van der Waals surface area contributed by atoms with Crippen molar-refractivity contribution in [1.29, 1.82) is 5.26 Å². The van der Waals surface area contributed by atoms with Gasteiger partial charge in [-0.1, -0.05) is 12.1 Å². The molecule has 0 aliphatic rings. The van der Waals surface area contributed by atoms with E-state index in [1.54, 1.807) is 28.9 Å². The number of halogens is 1. The number of para-hydroxylation sites is 1. The number of hydrogen-bond donors (Lipinski definition) is 0. The van der Waals surface area contributed by atoms with E-state index in [9.17, 15) is 9.18 Å². The van der Waals surface area contributed by atoms with Gasteiger partial charge in [0, 0.05) is 10.9 Å². The van der Waals surface area contributed by atoms with Crippen LogP contribution in [0.3, 0.4) is 0 Å². The lowest BCUT2D eigenvalue weighted by atomic mass is 10.1. The van der Waals surface area contributed by atoms with Gasteiger partial charge in [0.25, 0.3) is 0 Å². The van der Waals surface area contributed by atoms with Crippen LogP contribution >= 0.6 is 0 Å². The lowest BCUT2D eigenvalue weighted by molar-refractivity contribution is 0.587. The third kappa shape index (κ3) is 2.39. The van der Waals surface area contributed by atoms with Crippen molar-refractivity contribution in [1.82, 2.24) is 9.78 Å². The third-order valence-corrected chi connectivity index (χ3v) is 3.26. The summed E-state index contributed by atoms with van der Waals surface area (Å²) in [5.41, 5.74) is 1.20. The Bertz CT molecular complexity index is 925. The molecule has 4 nitrogen and oxygen atoms in total. The van der Waals surface area contributed by atoms with Crippen LogP contribution < -0.4 is 5.43 Å². The number of hydrogen-bond acceptors (Lipinski definition) is 3. The lowest BCUT2D eigenvalue weighted by Gasteiger charge is -2.10. The van der Waals surface area contributed by atoms with E-state index in [2.05, 4.69) is 5.10 Å². The molecule has 0 radical (unpaired) electrons. The third-order valence-electron chi connectivity index (χ3n) is 3.26. The van der Waals surface area contributed by atoms with Crippen LogP contribution in [0.1, 0.15) is 11.1 Å². The normalized spacial score (nSPS) is 10.5. The minimum atomic E-state index is -0.404. The van der Waals surface area contributed by atoms with Crippen molar-refractivity contribution >= 4 is 10.9 Å². The van der Waals surface area contributed by atoms with E-state index in [-0.39, 0.29) is 12.0 Å². The molecular weight excluding hydrogens is 269 g/mol. The maximum Gasteiger partial charge on any atom is 0.207 e. The monoisotopic (exact) mass is 279 g/mol. The molecular formula is C16H10FN3O. The van der Waals surface area contributed by atoms with Crippen LogP contribution in [-0.2, 0) is 6.54 Å². The first-order valence-corrected chi connectivity index (χ1v) is 6.32. The molecule has 0 spiro atoms. The lowest BCUT2D eigenvalue weighted by Crippen LogP contribution is -2.13. The topological polar surface area (TPSA) is 58.7 Å². The standard InChI is InChI=1S/C16H10FN3O/c17-14-6-5-11(8-18)7-12(14)10-20-15-4-2-1-3-13(15)16(21)9-19-20/h1-7,9H,10H2. The molecule has 0 N–H and O–H groups in total. The van der Waals surface area contributed by atoms with E-state index in [1.807, 2.05) is 6.07 Å². The fourth-order valence-corrected chi connectivity index (χ4v) is 2.21. The molecule has 3 aromatic rings. The minimum Gasteiger partial charge on any atom is -0.287 e. The minimum absolute atomic E-state index is 0.155. The van der Waals surface area contributed by atoms with Crippen molar-refractivity contribution in [3.8, 4) is 6.07 Å². The number of rotatable bonds is 2.